The van der Waals surface area contributed by atoms with Gasteiger partial charge in [-0.3, -0.25) is 4.98 Å². The summed E-state index contributed by atoms with van der Waals surface area (Å²) in [5.74, 6) is 0.491. The number of nitrogens with zero attached hydrogens (tertiary/aromatic N) is 1. The lowest BCUT2D eigenvalue weighted by atomic mass is 9.97. The van der Waals surface area contributed by atoms with Crippen LogP contribution >= 0.6 is 11.6 Å². The summed E-state index contributed by atoms with van der Waals surface area (Å²) in [6.45, 7) is 1.97. The number of rotatable bonds is 2. The maximum absolute atomic E-state index is 11.4. The summed E-state index contributed by atoms with van der Waals surface area (Å²) >= 11 is 6.34. The number of hydrogen-bond donors (Lipinski definition) is 0. The first-order chi connectivity index (χ1) is 7.49. The van der Waals surface area contributed by atoms with E-state index in [0.29, 0.717) is 6.42 Å². The van der Waals surface area contributed by atoms with E-state index in [-0.39, 0.29) is 22.8 Å². The third-order valence-electron chi connectivity index (χ3n) is 3.06. The summed E-state index contributed by atoms with van der Waals surface area (Å²) in [6.07, 6.45) is 4.11. The molecule has 3 nitrogen and oxygen atoms in total. The van der Waals surface area contributed by atoms with Crippen LogP contribution in [0.2, 0.25) is 0 Å². The molecule has 5 heteroatoms. The van der Waals surface area contributed by atoms with Crippen molar-refractivity contribution in [3.8, 4) is 0 Å². The molecule has 0 amide bonds. The summed E-state index contributed by atoms with van der Waals surface area (Å²) in [4.78, 5) is 4.04. The monoisotopic (exact) mass is 259 g/mol. The van der Waals surface area contributed by atoms with Crippen molar-refractivity contribution in [1.82, 2.24) is 4.98 Å². The van der Waals surface area contributed by atoms with Crippen LogP contribution in [0.3, 0.4) is 0 Å². The van der Waals surface area contributed by atoms with E-state index < -0.39 is 9.84 Å². The van der Waals surface area contributed by atoms with Crippen LogP contribution in [0.1, 0.15) is 22.9 Å². The predicted molar refractivity (Wildman–Crippen MR) is 64.3 cm³/mol. The van der Waals surface area contributed by atoms with Crippen molar-refractivity contribution in [1.29, 1.82) is 0 Å². The quantitative estimate of drug-likeness (QED) is 0.765. The van der Waals surface area contributed by atoms with E-state index in [0.717, 1.165) is 11.1 Å². The molecule has 1 fully saturated rings. The minimum Gasteiger partial charge on any atom is -0.264 e. The first kappa shape index (κ1) is 11.9. The first-order valence-corrected chi connectivity index (χ1v) is 7.50. The van der Waals surface area contributed by atoms with Gasteiger partial charge in [-0.1, -0.05) is 0 Å². The van der Waals surface area contributed by atoms with Gasteiger partial charge in [0.25, 0.3) is 0 Å². The van der Waals surface area contributed by atoms with Crippen LogP contribution in [0.15, 0.2) is 18.5 Å². The summed E-state index contributed by atoms with van der Waals surface area (Å²) < 4.78 is 22.8. The Morgan fingerprint density at radius 3 is 2.88 bits per heavy atom. The number of hydrogen-bond acceptors (Lipinski definition) is 3. The van der Waals surface area contributed by atoms with Crippen molar-refractivity contribution in [3.05, 3.63) is 29.6 Å². The summed E-state index contributed by atoms with van der Waals surface area (Å²) in [6, 6.07) is 1.90. The van der Waals surface area contributed by atoms with Crippen LogP contribution in [0.25, 0.3) is 0 Å². The van der Waals surface area contributed by atoms with Gasteiger partial charge >= 0.3 is 0 Å². The Kier molecular flexibility index (Phi) is 3.22. The lowest BCUT2D eigenvalue weighted by molar-refractivity contribution is 0.566. The van der Waals surface area contributed by atoms with Crippen LogP contribution in [-0.4, -0.2) is 24.9 Å². The number of sulfone groups is 1. The van der Waals surface area contributed by atoms with Crippen molar-refractivity contribution in [2.45, 2.75) is 18.7 Å². The highest BCUT2D eigenvalue weighted by Crippen LogP contribution is 2.37. The third kappa shape index (κ3) is 2.38. The summed E-state index contributed by atoms with van der Waals surface area (Å²) in [5, 5.41) is -0.244. The SMILES string of the molecule is Cc1ccncc1C(Cl)C1CCS(=O)(=O)C1. The van der Waals surface area contributed by atoms with E-state index in [4.69, 9.17) is 11.6 Å². The van der Waals surface area contributed by atoms with Crippen LogP contribution in [0, 0.1) is 12.8 Å². The van der Waals surface area contributed by atoms with Gasteiger partial charge in [-0.05, 0) is 36.5 Å². The van der Waals surface area contributed by atoms with Crippen LogP contribution in [-0.2, 0) is 9.84 Å². The average molecular weight is 260 g/mol. The van der Waals surface area contributed by atoms with Crippen LogP contribution in [0.4, 0.5) is 0 Å². The Hall–Kier alpha value is -0.610. The molecule has 1 aliphatic heterocycles. The second-order valence-electron chi connectivity index (χ2n) is 4.30. The molecule has 0 bridgehead atoms. The van der Waals surface area contributed by atoms with E-state index in [1.165, 1.54) is 0 Å². The van der Waals surface area contributed by atoms with Gasteiger partial charge in [-0.25, -0.2) is 8.42 Å². The van der Waals surface area contributed by atoms with Crippen molar-refractivity contribution in [2.75, 3.05) is 11.5 Å². The topological polar surface area (TPSA) is 47.0 Å². The van der Waals surface area contributed by atoms with Gasteiger partial charge in [-0.2, -0.15) is 0 Å². The molecule has 88 valence electrons. The molecular weight excluding hydrogens is 246 g/mol. The number of alkyl halides is 1. The maximum Gasteiger partial charge on any atom is 0.150 e. The molecule has 0 saturated carbocycles. The van der Waals surface area contributed by atoms with Gasteiger partial charge in [0, 0.05) is 12.4 Å². The highest BCUT2D eigenvalue weighted by atomic mass is 35.5. The van der Waals surface area contributed by atoms with E-state index in [2.05, 4.69) is 4.98 Å². The Balaban J connectivity index is 2.21. The highest BCUT2D eigenvalue weighted by Gasteiger charge is 2.34. The van der Waals surface area contributed by atoms with Crippen molar-refractivity contribution in [3.63, 3.8) is 0 Å². The zero-order chi connectivity index (χ0) is 11.8. The summed E-state index contributed by atoms with van der Waals surface area (Å²) in [5.41, 5.74) is 2.02. The normalized spacial score (nSPS) is 25.5. The number of aryl methyl sites for hydroxylation is 1. The predicted octanol–water partition coefficient (Wildman–Crippen LogP) is 2.10. The fourth-order valence-electron chi connectivity index (χ4n) is 2.07. The fraction of sp³-hybridized carbons (Fsp3) is 0.545. The zero-order valence-corrected chi connectivity index (χ0v) is 10.6. The van der Waals surface area contributed by atoms with Gasteiger partial charge in [0.05, 0.1) is 16.9 Å². The van der Waals surface area contributed by atoms with Crippen molar-refractivity contribution < 1.29 is 8.42 Å². The molecule has 2 atom stereocenters. The van der Waals surface area contributed by atoms with Crippen molar-refractivity contribution >= 4 is 21.4 Å². The van der Waals surface area contributed by atoms with E-state index in [1.807, 2.05) is 13.0 Å². The standard InChI is InChI=1S/C11H14ClNO2S/c1-8-2-4-13-6-10(8)11(12)9-3-5-16(14,15)7-9/h2,4,6,9,11H,3,5,7H2,1H3. The average Bonchev–Trinajstić information content (AvgIpc) is 2.59. The minimum atomic E-state index is -2.87. The molecule has 0 N–H and O–H groups in total. The second kappa shape index (κ2) is 4.34. The van der Waals surface area contributed by atoms with Gasteiger partial charge in [0.15, 0.2) is 9.84 Å². The summed E-state index contributed by atoms with van der Waals surface area (Å²) in [7, 11) is -2.87. The van der Waals surface area contributed by atoms with Gasteiger partial charge in [0.2, 0.25) is 0 Å². The van der Waals surface area contributed by atoms with E-state index in [1.54, 1.807) is 12.4 Å². The molecule has 2 heterocycles. The number of pyridine rings is 1. The first-order valence-electron chi connectivity index (χ1n) is 5.24. The number of aromatic nitrogens is 1. The molecule has 0 aliphatic carbocycles. The molecule has 0 radical (unpaired) electrons. The van der Waals surface area contributed by atoms with Crippen molar-refractivity contribution in [2.24, 2.45) is 5.92 Å². The second-order valence-corrected chi connectivity index (χ2v) is 7.00. The van der Waals surface area contributed by atoms with Gasteiger partial charge in [0.1, 0.15) is 0 Å². The molecule has 1 aromatic rings. The highest BCUT2D eigenvalue weighted by molar-refractivity contribution is 7.91. The molecule has 2 unspecified atom stereocenters. The van der Waals surface area contributed by atoms with E-state index in [9.17, 15) is 8.42 Å². The smallest absolute Gasteiger partial charge is 0.150 e. The Morgan fingerprint density at radius 2 is 2.31 bits per heavy atom. The Labute approximate surface area is 101 Å². The lowest BCUT2D eigenvalue weighted by Gasteiger charge is -2.17. The molecule has 1 saturated heterocycles. The molecular formula is C11H14ClNO2S. The fourth-order valence-corrected chi connectivity index (χ4v) is 4.46. The minimum absolute atomic E-state index is 0.0227. The number of halogens is 1. The maximum atomic E-state index is 11.4. The van der Waals surface area contributed by atoms with Crippen LogP contribution in [0.5, 0.6) is 0 Å². The van der Waals surface area contributed by atoms with Crippen LogP contribution < -0.4 is 0 Å². The molecule has 1 aliphatic rings. The van der Waals surface area contributed by atoms with Gasteiger partial charge < -0.3 is 0 Å². The lowest BCUT2D eigenvalue weighted by Crippen LogP contribution is -2.11. The Bertz CT molecular complexity index is 487. The zero-order valence-electron chi connectivity index (χ0n) is 9.06. The molecule has 0 aromatic carbocycles. The Morgan fingerprint density at radius 1 is 1.56 bits per heavy atom. The van der Waals surface area contributed by atoms with E-state index >= 15 is 0 Å². The molecule has 0 spiro atoms. The molecule has 2 rings (SSSR count). The molecule has 1 aromatic heterocycles. The molecule has 16 heavy (non-hydrogen) atoms. The largest absolute Gasteiger partial charge is 0.264 e. The third-order valence-corrected chi connectivity index (χ3v) is 5.44. The van der Waals surface area contributed by atoms with Gasteiger partial charge in [-0.15, -0.1) is 11.6 Å².